The molecule has 0 aromatic heterocycles. The summed E-state index contributed by atoms with van der Waals surface area (Å²) in [5.41, 5.74) is 3.13. The van der Waals surface area contributed by atoms with Gasteiger partial charge < -0.3 is 14.0 Å². The molecular weight excluding hydrogens is 419 g/mol. The molecule has 0 aliphatic rings. The van der Waals surface area contributed by atoms with Gasteiger partial charge in [-0.05, 0) is 29.5 Å². The van der Waals surface area contributed by atoms with Crippen LogP contribution in [0.3, 0.4) is 0 Å². The van der Waals surface area contributed by atoms with Crippen molar-refractivity contribution in [1.29, 1.82) is 0 Å². The fourth-order valence-electron chi connectivity index (χ4n) is 3.59. The molecule has 3 rings (SSSR count). The van der Waals surface area contributed by atoms with E-state index < -0.39 is 19.0 Å². The van der Waals surface area contributed by atoms with Crippen LogP contribution >= 0.6 is 7.14 Å². The van der Waals surface area contributed by atoms with Gasteiger partial charge in [0.25, 0.3) is 0 Å². The predicted octanol–water partition coefficient (Wildman–Crippen LogP) is 6.24. The Morgan fingerprint density at radius 3 is 1.75 bits per heavy atom. The van der Waals surface area contributed by atoms with Crippen molar-refractivity contribution in [2.24, 2.45) is 0 Å². The van der Waals surface area contributed by atoms with Crippen molar-refractivity contribution in [2.75, 3.05) is 19.4 Å². The second kappa shape index (κ2) is 12.1. The summed E-state index contributed by atoms with van der Waals surface area (Å²) in [6.45, 7) is 0. The Balaban J connectivity index is 1.90. The number of esters is 1. The van der Waals surface area contributed by atoms with Crippen LogP contribution in [0.5, 0.6) is 0 Å². The average Bonchev–Trinajstić information content (AvgIpc) is 2.86. The van der Waals surface area contributed by atoms with Gasteiger partial charge in [-0.1, -0.05) is 91.0 Å². The lowest BCUT2D eigenvalue weighted by Crippen LogP contribution is -2.12. The smallest absolute Gasteiger partial charge is 0.333 e. The van der Waals surface area contributed by atoms with Crippen LogP contribution in [0.25, 0.3) is 0 Å². The fraction of sp³-hybridized carbons (Fsp3) is 0.222. The van der Waals surface area contributed by atoms with Crippen molar-refractivity contribution in [3.8, 4) is 0 Å². The highest BCUT2D eigenvalue weighted by atomic mass is 31.2. The van der Waals surface area contributed by atoms with Crippen LogP contribution in [0.15, 0.2) is 103 Å². The standard InChI is InChI=1S/C27H29O4P/c1-30-26(28)17-20-31-27(25-15-9-4-10-16-25)32(29,21-18-23-11-5-2-6-12-23)22-19-24-13-7-3-8-14-24/h2-17,20,27H,18-19,21-22H2,1H3/b20-17+. The molecule has 0 amide bonds. The van der Waals surface area contributed by atoms with E-state index in [1.54, 1.807) is 0 Å². The molecule has 0 radical (unpaired) electrons. The topological polar surface area (TPSA) is 52.6 Å². The Hall–Kier alpha value is -3.10. The predicted molar refractivity (Wildman–Crippen MR) is 129 cm³/mol. The maximum Gasteiger partial charge on any atom is 0.333 e. The zero-order chi connectivity index (χ0) is 22.7. The molecule has 166 valence electrons. The molecule has 0 heterocycles. The monoisotopic (exact) mass is 448 g/mol. The molecule has 0 aliphatic carbocycles. The molecule has 4 nitrogen and oxygen atoms in total. The first-order valence-electron chi connectivity index (χ1n) is 10.7. The van der Waals surface area contributed by atoms with Gasteiger partial charge in [0.1, 0.15) is 7.14 Å². The molecule has 0 saturated carbocycles. The number of hydrogen-bond donors (Lipinski definition) is 0. The third-order valence-electron chi connectivity index (χ3n) is 5.37. The Morgan fingerprint density at radius 2 is 1.28 bits per heavy atom. The normalized spacial score (nSPS) is 12.4. The van der Waals surface area contributed by atoms with Gasteiger partial charge in [0.05, 0.1) is 19.4 Å². The number of carbonyl (C=O) groups is 1. The van der Waals surface area contributed by atoms with Crippen LogP contribution in [-0.4, -0.2) is 25.4 Å². The van der Waals surface area contributed by atoms with Crippen LogP contribution in [0.4, 0.5) is 0 Å². The molecular formula is C27H29O4P. The number of rotatable bonds is 11. The van der Waals surface area contributed by atoms with Gasteiger partial charge in [-0.2, -0.15) is 0 Å². The van der Waals surface area contributed by atoms with Crippen molar-refractivity contribution in [3.05, 3.63) is 120 Å². The van der Waals surface area contributed by atoms with E-state index >= 15 is 0 Å². The molecule has 0 bridgehead atoms. The molecule has 1 unspecified atom stereocenters. The zero-order valence-electron chi connectivity index (χ0n) is 18.3. The molecule has 32 heavy (non-hydrogen) atoms. The Labute approximate surface area is 190 Å². The minimum Gasteiger partial charge on any atom is -0.485 e. The summed E-state index contributed by atoms with van der Waals surface area (Å²) >= 11 is 0. The molecule has 0 aliphatic heterocycles. The minimum absolute atomic E-state index is 0.509. The third kappa shape index (κ3) is 6.96. The van der Waals surface area contributed by atoms with Crippen molar-refractivity contribution in [1.82, 2.24) is 0 Å². The van der Waals surface area contributed by atoms with Gasteiger partial charge in [0.2, 0.25) is 0 Å². The summed E-state index contributed by atoms with van der Waals surface area (Å²) in [7, 11) is -1.56. The lowest BCUT2D eigenvalue weighted by molar-refractivity contribution is -0.135. The quantitative estimate of drug-likeness (QED) is 0.151. The molecule has 0 fully saturated rings. The summed E-state index contributed by atoms with van der Waals surface area (Å²) in [5.74, 6) is -1.16. The van der Waals surface area contributed by atoms with E-state index in [0.717, 1.165) is 16.7 Å². The van der Waals surface area contributed by atoms with E-state index in [4.69, 9.17) is 4.74 Å². The van der Waals surface area contributed by atoms with Gasteiger partial charge >= 0.3 is 5.97 Å². The number of methoxy groups -OCH3 is 1. The molecule has 1 atom stereocenters. The SMILES string of the molecule is COC(=O)/C=C/OC(c1ccccc1)P(=O)(CCc1ccccc1)CCc1ccccc1. The Kier molecular flexibility index (Phi) is 8.89. The van der Waals surface area contributed by atoms with E-state index in [1.165, 1.54) is 19.4 Å². The number of aryl methyl sites for hydroxylation is 2. The number of ether oxygens (including phenoxy) is 2. The van der Waals surface area contributed by atoms with Crippen molar-refractivity contribution in [3.63, 3.8) is 0 Å². The third-order valence-corrected chi connectivity index (χ3v) is 8.60. The van der Waals surface area contributed by atoms with Gasteiger partial charge in [-0.25, -0.2) is 4.79 Å². The fourth-order valence-corrected chi connectivity index (χ4v) is 6.56. The van der Waals surface area contributed by atoms with Gasteiger partial charge in [0.15, 0.2) is 5.85 Å². The van der Waals surface area contributed by atoms with Gasteiger partial charge in [-0.15, -0.1) is 0 Å². The second-order valence-electron chi connectivity index (χ2n) is 7.60. The van der Waals surface area contributed by atoms with E-state index in [9.17, 15) is 9.36 Å². The highest BCUT2D eigenvalue weighted by Gasteiger charge is 2.35. The van der Waals surface area contributed by atoms with E-state index in [0.29, 0.717) is 25.2 Å². The summed E-state index contributed by atoms with van der Waals surface area (Å²) in [6, 6.07) is 29.7. The molecule has 0 saturated heterocycles. The Morgan fingerprint density at radius 1 is 0.812 bits per heavy atom. The first-order valence-corrected chi connectivity index (χ1v) is 12.9. The van der Waals surface area contributed by atoms with Crippen molar-refractivity contribution < 1.29 is 18.8 Å². The molecule has 5 heteroatoms. The summed E-state index contributed by atoms with van der Waals surface area (Å²) in [6.07, 6.45) is 4.93. The van der Waals surface area contributed by atoms with E-state index in [-0.39, 0.29) is 0 Å². The lowest BCUT2D eigenvalue weighted by Gasteiger charge is -2.28. The molecule has 3 aromatic carbocycles. The average molecular weight is 448 g/mol. The number of benzene rings is 3. The molecule has 0 N–H and O–H groups in total. The summed E-state index contributed by atoms with van der Waals surface area (Å²) < 4.78 is 25.2. The summed E-state index contributed by atoms with van der Waals surface area (Å²) in [4.78, 5) is 11.5. The number of hydrogen-bond acceptors (Lipinski definition) is 4. The maximum atomic E-state index is 14.5. The largest absolute Gasteiger partial charge is 0.485 e. The van der Waals surface area contributed by atoms with Crippen LogP contribution in [0.1, 0.15) is 22.5 Å². The van der Waals surface area contributed by atoms with Crippen LogP contribution in [-0.2, 0) is 31.7 Å². The van der Waals surface area contributed by atoms with Gasteiger partial charge in [-0.3, -0.25) is 0 Å². The zero-order valence-corrected chi connectivity index (χ0v) is 19.2. The highest BCUT2D eigenvalue weighted by molar-refractivity contribution is 7.64. The van der Waals surface area contributed by atoms with Gasteiger partial charge in [0, 0.05) is 12.3 Å². The van der Waals surface area contributed by atoms with Crippen molar-refractivity contribution >= 4 is 13.1 Å². The first kappa shape index (κ1) is 23.6. The maximum absolute atomic E-state index is 14.5. The molecule has 3 aromatic rings. The van der Waals surface area contributed by atoms with Crippen LogP contribution in [0, 0.1) is 0 Å². The van der Waals surface area contributed by atoms with Crippen molar-refractivity contribution in [2.45, 2.75) is 18.7 Å². The minimum atomic E-state index is -2.88. The summed E-state index contributed by atoms with van der Waals surface area (Å²) in [5, 5.41) is 0. The van der Waals surface area contributed by atoms with E-state index in [1.807, 2.05) is 66.7 Å². The second-order valence-corrected chi connectivity index (χ2v) is 10.9. The molecule has 0 spiro atoms. The first-order chi connectivity index (χ1) is 15.6. The number of carbonyl (C=O) groups excluding carboxylic acids is 1. The lowest BCUT2D eigenvalue weighted by atomic mass is 10.2. The highest BCUT2D eigenvalue weighted by Crippen LogP contribution is 2.60. The van der Waals surface area contributed by atoms with Crippen LogP contribution in [0.2, 0.25) is 0 Å². The van der Waals surface area contributed by atoms with Crippen LogP contribution < -0.4 is 0 Å². The Bertz CT molecular complexity index is 986. The van der Waals surface area contributed by atoms with E-state index in [2.05, 4.69) is 29.0 Å².